The van der Waals surface area contributed by atoms with Crippen LogP contribution in [0.15, 0.2) is 47.8 Å². The van der Waals surface area contributed by atoms with Crippen LogP contribution in [0.1, 0.15) is 17.7 Å². The molecule has 4 heterocycles. The van der Waals surface area contributed by atoms with E-state index in [2.05, 4.69) is 49.6 Å². The summed E-state index contributed by atoms with van der Waals surface area (Å²) < 4.78 is 2.03. The van der Waals surface area contributed by atoms with Crippen LogP contribution in [0, 0.1) is 6.92 Å². The van der Waals surface area contributed by atoms with Gasteiger partial charge in [0.2, 0.25) is 0 Å². The van der Waals surface area contributed by atoms with Crippen LogP contribution in [-0.2, 0) is 6.54 Å². The van der Waals surface area contributed by atoms with Gasteiger partial charge in [0.1, 0.15) is 11.5 Å². The Morgan fingerprint density at radius 2 is 2.29 bits per heavy atom. The lowest BCUT2D eigenvalue weighted by molar-refractivity contribution is 0.647. The van der Waals surface area contributed by atoms with Crippen molar-refractivity contribution in [2.45, 2.75) is 25.9 Å². The van der Waals surface area contributed by atoms with Gasteiger partial charge in [0.15, 0.2) is 5.96 Å². The Morgan fingerprint density at radius 1 is 1.39 bits per heavy atom. The van der Waals surface area contributed by atoms with E-state index in [-0.39, 0.29) is 6.04 Å². The van der Waals surface area contributed by atoms with Crippen molar-refractivity contribution in [1.82, 2.24) is 25.0 Å². The van der Waals surface area contributed by atoms with Gasteiger partial charge in [-0.25, -0.2) is 9.97 Å². The first kappa shape index (κ1) is 18.6. The number of nitrogens with zero attached hydrogens (tertiary/aromatic N) is 5. The monoisotopic (exact) mass is 397 g/mol. The molecule has 0 bridgehead atoms. The molecule has 1 unspecified atom stereocenters. The van der Waals surface area contributed by atoms with Crippen LogP contribution in [-0.4, -0.2) is 46.5 Å². The summed E-state index contributed by atoms with van der Waals surface area (Å²) in [5, 5.41) is 7.53. The normalized spacial score (nSPS) is 17.3. The maximum atomic E-state index is 6.28. The van der Waals surface area contributed by atoms with Gasteiger partial charge in [-0.2, -0.15) is 0 Å². The summed E-state index contributed by atoms with van der Waals surface area (Å²) in [6.07, 6.45) is 6.85. The molecular formula is C20H24ClN7. The second kappa shape index (κ2) is 8.06. The second-order valence-electron chi connectivity index (χ2n) is 7.01. The molecule has 0 spiro atoms. The fourth-order valence-electron chi connectivity index (χ4n) is 3.46. The molecule has 3 aromatic heterocycles. The third kappa shape index (κ3) is 4.04. The van der Waals surface area contributed by atoms with Crippen LogP contribution in [0.4, 0.5) is 5.82 Å². The number of aryl methyl sites for hydroxylation is 1. The predicted molar refractivity (Wildman–Crippen MR) is 113 cm³/mol. The molecule has 146 valence electrons. The Balaban J connectivity index is 1.34. The van der Waals surface area contributed by atoms with E-state index in [1.54, 1.807) is 13.2 Å². The van der Waals surface area contributed by atoms with Gasteiger partial charge in [0, 0.05) is 44.8 Å². The highest BCUT2D eigenvalue weighted by Gasteiger charge is 2.25. The highest BCUT2D eigenvalue weighted by molar-refractivity contribution is 6.32. The molecule has 0 radical (unpaired) electrons. The molecule has 28 heavy (non-hydrogen) atoms. The number of guanidine groups is 1. The predicted octanol–water partition coefficient (Wildman–Crippen LogP) is 2.64. The molecule has 0 amide bonds. The van der Waals surface area contributed by atoms with Crippen molar-refractivity contribution in [2.75, 3.05) is 25.0 Å². The third-order valence-corrected chi connectivity index (χ3v) is 5.19. The van der Waals surface area contributed by atoms with Crippen LogP contribution in [0.3, 0.4) is 0 Å². The quantitative estimate of drug-likeness (QED) is 0.523. The number of aromatic nitrogens is 3. The lowest BCUT2D eigenvalue weighted by atomic mass is 10.3. The highest BCUT2D eigenvalue weighted by Crippen LogP contribution is 2.25. The zero-order chi connectivity index (χ0) is 19.5. The Bertz CT molecular complexity index is 997. The van der Waals surface area contributed by atoms with E-state index in [1.165, 1.54) is 5.56 Å². The van der Waals surface area contributed by atoms with Crippen LogP contribution in [0.2, 0.25) is 5.02 Å². The molecule has 0 aromatic carbocycles. The molecule has 8 heteroatoms. The molecular weight excluding hydrogens is 374 g/mol. The smallest absolute Gasteiger partial charge is 0.191 e. The molecule has 0 aliphatic carbocycles. The highest BCUT2D eigenvalue weighted by atomic mass is 35.5. The summed E-state index contributed by atoms with van der Waals surface area (Å²) >= 11 is 6.28. The van der Waals surface area contributed by atoms with E-state index in [1.807, 2.05) is 28.9 Å². The van der Waals surface area contributed by atoms with E-state index in [9.17, 15) is 0 Å². The molecule has 1 saturated heterocycles. The Kier molecular flexibility index (Phi) is 5.34. The van der Waals surface area contributed by atoms with Gasteiger partial charge >= 0.3 is 0 Å². The van der Waals surface area contributed by atoms with Crippen LogP contribution < -0.4 is 15.5 Å². The molecule has 1 aliphatic heterocycles. The zero-order valence-corrected chi connectivity index (χ0v) is 16.8. The lowest BCUT2D eigenvalue weighted by Gasteiger charge is -2.20. The largest absolute Gasteiger partial charge is 0.353 e. The molecule has 1 atom stereocenters. The van der Waals surface area contributed by atoms with Crippen molar-refractivity contribution in [3.63, 3.8) is 0 Å². The van der Waals surface area contributed by atoms with Crippen molar-refractivity contribution >= 4 is 29.0 Å². The van der Waals surface area contributed by atoms with Gasteiger partial charge in [0.05, 0.1) is 17.3 Å². The molecule has 7 nitrogen and oxygen atoms in total. The number of hydrogen-bond acceptors (Lipinski definition) is 4. The van der Waals surface area contributed by atoms with Crippen molar-refractivity contribution in [3.05, 3.63) is 59.1 Å². The fourth-order valence-corrected chi connectivity index (χ4v) is 3.71. The van der Waals surface area contributed by atoms with Gasteiger partial charge in [-0.15, -0.1) is 0 Å². The zero-order valence-electron chi connectivity index (χ0n) is 16.1. The summed E-state index contributed by atoms with van der Waals surface area (Å²) in [6.45, 7) is 4.44. The number of pyridine rings is 2. The summed E-state index contributed by atoms with van der Waals surface area (Å²) in [5.74, 6) is 1.61. The molecule has 0 saturated carbocycles. The number of aliphatic imine (C=N–C) groups is 1. The standard InChI is InChI=1S/C20H24ClN7/c1-14-5-8-27-13-16(25-18(27)10-14)11-24-20(22-2)26-15-6-9-28(12-15)19-17(21)4-3-7-23-19/h3-5,7-8,10,13,15H,6,9,11-12H2,1-2H3,(H2,22,24,26). The van der Waals surface area contributed by atoms with Crippen molar-refractivity contribution in [1.29, 1.82) is 0 Å². The molecule has 2 N–H and O–H groups in total. The Labute approximate surface area is 169 Å². The van der Waals surface area contributed by atoms with E-state index in [0.717, 1.165) is 42.6 Å². The average molecular weight is 398 g/mol. The first-order valence-electron chi connectivity index (χ1n) is 9.39. The minimum atomic E-state index is 0.285. The number of imidazole rings is 1. The minimum absolute atomic E-state index is 0.285. The maximum absolute atomic E-state index is 6.28. The van der Waals surface area contributed by atoms with Gasteiger partial charge in [-0.1, -0.05) is 11.6 Å². The number of halogens is 1. The summed E-state index contributed by atoms with van der Waals surface area (Å²) in [5.41, 5.74) is 3.13. The second-order valence-corrected chi connectivity index (χ2v) is 7.42. The van der Waals surface area contributed by atoms with Gasteiger partial charge < -0.3 is 19.9 Å². The van der Waals surface area contributed by atoms with Crippen molar-refractivity contribution in [3.8, 4) is 0 Å². The lowest BCUT2D eigenvalue weighted by Crippen LogP contribution is -2.44. The first-order valence-corrected chi connectivity index (χ1v) is 9.77. The number of rotatable bonds is 4. The van der Waals surface area contributed by atoms with Gasteiger partial charge in [-0.3, -0.25) is 4.99 Å². The fraction of sp³-hybridized carbons (Fsp3) is 0.350. The van der Waals surface area contributed by atoms with E-state index in [0.29, 0.717) is 11.6 Å². The first-order chi connectivity index (χ1) is 13.6. The Hall–Kier alpha value is -2.80. The average Bonchev–Trinajstić information content (AvgIpc) is 3.31. The topological polar surface area (TPSA) is 69.8 Å². The van der Waals surface area contributed by atoms with E-state index >= 15 is 0 Å². The molecule has 3 aromatic rings. The SMILES string of the molecule is CN=C(NCc1cn2ccc(C)cc2n1)NC1CCN(c2ncccc2Cl)C1. The summed E-state index contributed by atoms with van der Waals surface area (Å²) in [6, 6.07) is 8.16. The minimum Gasteiger partial charge on any atom is -0.353 e. The van der Waals surface area contributed by atoms with E-state index < -0.39 is 0 Å². The maximum Gasteiger partial charge on any atom is 0.191 e. The number of fused-ring (bicyclic) bond motifs is 1. The van der Waals surface area contributed by atoms with Crippen LogP contribution in [0.25, 0.3) is 5.65 Å². The van der Waals surface area contributed by atoms with Crippen molar-refractivity contribution in [2.24, 2.45) is 4.99 Å². The Morgan fingerprint density at radius 3 is 3.11 bits per heavy atom. The van der Waals surface area contributed by atoms with Gasteiger partial charge in [0.25, 0.3) is 0 Å². The van der Waals surface area contributed by atoms with Crippen molar-refractivity contribution < 1.29 is 0 Å². The molecule has 4 rings (SSSR count). The number of nitrogens with one attached hydrogen (secondary N) is 2. The van der Waals surface area contributed by atoms with Crippen LogP contribution >= 0.6 is 11.6 Å². The summed E-state index contributed by atoms with van der Waals surface area (Å²) in [4.78, 5) is 15.6. The third-order valence-electron chi connectivity index (χ3n) is 4.89. The molecule has 1 fully saturated rings. The number of anilines is 1. The number of hydrogen-bond donors (Lipinski definition) is 2. The van der Waals surface area contributed by atoms with E-state index in [4.69, 9.17) is 11.6 Å². The molecule has 1 aliphatic rings. The summed E-state index contributed by atoms with van der Waals surface area (Å²) in [7, 11) is 1.78. The van der Waals surface area contributed by atoms with Crippen LogP contribution in [0.5, 0.6) is 0 Å². The van der Waals surface area contributed by atoms with Gasteiger partial charge in [-0.05, 0) is 43.2 Å².